The summed E-state index contributed by atoms with van der Waals surface area (Å²) in [5, 5.41) is 23.5. The van der Waals surface area contributed by atoms with Gasteiger partial charge in [0.05, 0.1) is 36.6 Å². The van der Waals surface area contributed by atoms with E-state index in [9.17, 15) is 5.26 Å². The normalized spacial score (nSPS) is 15.2. The molecule has 7 heteroatoms. The molecular weight excluding hydrogens is 364 g/mol. The van der Waals surface area contributed by atoms with Crippen LogP contribution in [0.3, 0.4) is 0 Å². The maximum Gasteiger partial charge on any atom is 0.157 e. The first-order chi connectivity index (χ1) is 14.0. The average Bonchev–Trinajstić information content (AvgIpc) is 2.75. The van der Waals surface area contributed by atoms with Gasteiger partial charge >= 0.3 is 0 Å². The van der Waals surface area contributed by atoms with Gasteiger partial charge in [-0.15, -0.1) is 5.10 Å². The van der Waals surface area contributed by atoms with Crippen LogP contribution in [0.5, 0.6) is 0 Å². The Morgan fingerprint density at radius 3 is 2.66 bits per heavy atom. The third kappa shape index (κ3) is 3.98. The molecular formula is C22H24N6O. The molecule has 3 heterocycles. The number of nitrogens with zero attached hydrogens (tertiary/aromatic N) is 5. The number of aromatic nitrogens is 3. The molecule has 1 atom stereocenters. The number of benzene rings is 1. The number of hydrogen-bond acceptors (Lipinski definition) is 7. The Morgan fingerprint density at radius 1 is 1.10 bits per heavy atom. The van der Waals surface area contributed by atoms with Gasteiger partial charge in [0.15, 0.2) is 5.82 Å². The number of ether oxygens (including phenoxy) is 1. The van der Waals surface area contributed by atoms with E-state index >= 15 is 0 Å². The van der Waals surface area contributed by atoms with Crippen LogP contribution in [0.15, 0.2) is 30.5 Å². The largest absolute Gasteiger partial charge is 0.378 e. The van der Waals surface area contributed by atoms with Crippen LogP contribution in [0, 0.1) is 25.2 Å². The SMILES string of the molecule is Cc1cc(C#N)cc([C@@H](C)Nc2nnc(C)c3cnc(N4CCOCC4)cc23)c1. The lowest BCUT2D eigenvalue weighted by Crippen LogP contribution is -2.36. The highest BCUT2D eigenvalue weighted by atomic mass is 16.5. The Kier molecular flexibility index (Phi) is 5.28. The molecule has 0 radical (unpaired) electrons. The molecule has 148 valence electrons. The first-order valence-corrected chi connectivity index (χ1v) is 9.79. The van der Waals surface area contributed by atoms with Crippen molar-refractivity contribution in [1.82, 2.24) is 15.2 Å². The maximum atomic E-state index is 9.27. The first-order valence-electron chi connectivity index (χ1n) is 9.79. The molecule has 1 aromatic carbocycles. The number of hydrogen-bond donors (Lipinski definition) is 1. The molecule has 3 aromatic rings. The fraction of sp³-hybridized carbons (Fsp3) is 0.364. The zero-order chi connectivity index (χ0) is 20.4. The second-order valence-corrected chi connectivity index (χ2v) is 7.43. The third-order valence-electron chi connectivity index (χ3n) is 5.25. The van der Waals surface area contributed by atoms with E-state index < -0.39 is 0 Å². The van der Waals surface area contributed by atoms with Crippen LogP contribution in [0.4, 0.5) is 11.6 Å². The molecule has 0 amide bonds. The molecule has 0 aliphatic carbocycles. The fourth-order valence-corrected chi connectivity index (χ4v) is 3.65. The van der Waals surface area contributed by atoms with Crippen LogP contribution >= 0.6 is 0 Å². The van der Waals surface area contributed by atoms with Gasteiger partial charge in [0.2, 0.25) is 0 Å². The number of pyridine rings is 1. The minimum Gasteiger partial charge on any atom is -0.378 e. The molecule has 1 fully saturated rings. The van der Waals surface area contributed by atoms with E-state index in [2.05, 4.69) is 50.5 Å². The van der Waals surface area contributed by atoms with Gasteiger partial charge in [0, 0.05) is 30.1 Å². The van der Waals surface area contributed by atoms with Gasteiger partial charge < -0.3 is 15.0 Å². The number of anilines is 2. The Morgan fingerprint density at radius 2 is 1.90 bits per heavy atom. The molecule has 1 saturated heterocycles. The molecule has 1 N–H and O–H groups in total. The van der Waals surface area contributed by atoms with Gasteiger partial charge in [-0.2, -0.15) is 10.4 Å². The predicted octanol–water partition coefficient (Wildman–Crippen LogP) is 3.52. The lowest BCUT2D eigenvalue weighted by molar-refractivity contribution is 0.122. The average molecular weight is 388 g/mol. The highest BCUT2D eigenvalue weighted by molar-refractivity contribution is 5.94. The topological polar surface area (TPSA) is 87.0 Å². The number of aryl methyl sites for hydroxylation is 2. The Bertz CT molecular complexity index is 1080. The number of rotatable bonds is 4. The summed E-state index contributed by atoms with van der Waals surface area (Å²) in [7, 11) is 0. The van der Waals surface area contributed by atoms with Crippen LogP contribution in [0.25, 0.3) is 10.8 Å². The molecule has 0 saturated carbocycles. The minimum absolute atomic E-state index is 0.0257. The van der Waals surface area contributed by atoms with Crippen LogP contribution in [0.1, 0.15) is 35.3 Å². The van der Waals surface area contributed by atoms with Crippen molar-refractivity contribution in [1.29, 1.82) is 5.26 Å². The standard InChI is InChI=1S/C22H24N6O/c1-14-8-17(12-23)10-18(9-14)15(2)25-22-19-11-21(28-4-6-29-7-5-28)24-13-20(19)16(3)26-27-22/h8-11,13,15H,4-7H2,1-3H3,(H,25,27)/t15-/m1/s1. The highest BCUT2D eigenvalue weighted by Gasteiger charge is 2.17. The summed E-state index contributed by atoms with van der Waals surface area (Å²) in [6.45, 7) is 9.09. The maximum absolute atomic E-state index is 9.27. The van der Waals surface area contributed by atoms with E-state index in [-0.39, 0.29) is 6.04 Å². The number of fused-ring (bicyclic) bond motifs is 1. The number of nitriles is 1. The van der Waals surface area contributed by atoms with Crippen molar-refractivity contribution in [2.24, 2.45) is 0 Å². The summed E-state index contributed by atoms with van der Waals surface area (Å²) in [5.41, 5.74) is 3.61. The fourth-order valence-electron chi connectivity index (χ4n) is 3.65. The molecule has 2 aromatic heterocycles. The molecule has 7 nitrogen and oxygen atoms in total. The summed E-state index contributed by atoms with van der Waals surface area (Å²) in [5.74, 6) is 1.64. The van der Waals surface area contributed by atoms with Crippen LogP contribution in [-0.2, 0) is 4.74 Å². The Balaban J connectivity index is 1.70. The van der Waals surface area contributed by atoms with Crippen molar-refractivity contribution in [3.8, 4) is 6.07 Å². The number of nitrogens with one attached hydrogen (secondary N) is 1. The lowest BCUT2D eigenvalue weighted by atomic mass is 10.0. The second-order valence-electron chi connectivity index (χ2n) is 7.43. The van der Waals surface area contributed by atoms with Crippen molar-refractivity contribution >= 4 is 22.4 Å². The third-order valence-corrected chi connectivity index (χ3v) is 5.25. The highest BCUT2D eigenvalue weighted by Crippen LogP contribution is 2.29. The molecule has 1 aliphatic rings. The first kappa shape index (κ1) is 19.1. The minimum atomic E-state index is -0.0257. The van der Waals surface area contributed by atoms with Gasteiger partial charge in [-0.25, -0.2) is 4.98 Å². The van der Waals surface area contributed by atoms with Gasteiger partial charge in [-0.05, 0) is 50.1 Å². The summed E-state index contributed by atoms with van der Waals surface area (Å²) >= 11 is 0. The van der Waals surface area contributed by atoms with E-state index in [1.807, 2.05) is 32.2 Å². The summed E-state index contributed by atoms with van der Waals surface area (Å²) < 4.78 is 5.45. The molecule has 0 unspecified atom stereocenters. The zero-order valence-electron chi connectivity index (χ0n) is 16.9. The lowest BCUT2D eigenvalue weighted by Gasteiger charge is -2.28. The van der Waals surface area contributed by atoms with Crippen molar-refractivity contribution in [2.75, 3.05) is 36.5 Å². The van der Waals surface area contributed by atoms with Crippen molar-refractivity contribution in [3.05, 3.63) is 52.8 Å². The molecule has 29 heavy (non-hydrogen) atoms. The van der Waals surface area contributed by atoms with Gasteiger partial charge in [-0.3, -0.25) is 0 Å². The molecule has 4 rings (SSSR count). The molecule has 1 aliphatic heterocycles. The van der Waals surface area contributed by atoms with E-state index in [1.54, 1.807) is 0 Å². The van der Waals surface area contributed by atoms with Crippen molar-refractivity contribution in [3.63, 3.8) is 0 Å². The second kappa shape index (κ2) is 8.02. The summed E-state index contributed by atoms with van der Waals surface area (Å²) in [6.07, 6.45) is 1.88. The van der Waals surface area contributed by atoms with Gasteiger partial charge in [0.1, 0.15) is 5.82 Å². The summed E-state index contributed by atoms with van der Waals surface area (Å²) in [6, 6.07) is 10.2. The molecule has 0 bridgehead atoms. The van der Waals surface area contributed by atoms with Crippen LogP contribution < -0.4 is 10.2 Å². The van der Waals surface area contributed by atoms with Crippen molar-refractivity contribution in [2.45, 2.75) is 26.8 Å². The van der Waals surface area contributed by atoms with E-state index in [0.29, 0.717) is 18.8 Å². The number of morpholine rings is 1. The monoisotopic (exact) mass is 388 g/mol. The Labute approximate surface area is 170 Å². The van der Waals surface area contributed by atoms with Gasteiger partial charge in [0.25, 0.3) is 0 Å². The van der Waals surface area contributed by atoms with Crippen LogP contribution in [-0.4, -0.2) is 41.5 Å². The van der Waals surface area contributed by atoms with E-state index in [4.69, 9.17) is 4.74 Å². The summed E-state index contributed by atoms with van der Waals surface area (Å²) in [4.78, 5) is 6.87. The van der Waals surface area contributed by atoms with Crippen molar-refractivity contribution < 1.29 is 4.74 Å². The quantitative estimate of drug-likeness (QED) is 0.731. The van der Waals surface area contributed by atoms with Gasteiger partial charge in [-0.1, -0.05) is 6.07 Å². The van der Waals surface area contributed by atoms with E-state index in [0.717, 1.165) is 52.3 Å². The van der Waals surface area contributed by atoms with E-state index in [1.165, 1.54) is 0 Å². The zero-order valence-corrected chi connectivity index (χ0v) is 16.9. The smallest absolute Gasteiger partial charge is 0.157 e. The predicted molar refractivity (Wildman–Crippen MR) is 113 cm³/mol. The Hall–Kier alpha value is -3.24. The molecule has 0 spiro atoms. The van der Waals surface area contributed by atoms with Crippen LogP contribution in [0.2, 0.25) is 0 Å².